The van der Waals surface area contributed by atoms with Gasteiger partial charge in [0, 0.05) is 20.1 Å². The lowest BCUT2D eigenvalue weighted by Gasteiger charge is -2.36. The lowest BCUT2D eigenvalue weighted by Crippen LogP contribution is -2.49. The second-order valence-electron chi connectivity index (χ2n) is 6.41. The predicted molar refractivity (Wildman–Crippen MR) is 90.6 cm³/mol. The third kappa shape index (κ3) is 4.69. The highest BCUT2D eigenvalue weighted by atomic mass is 16.5. The van der Waals surface area contributed by atoms with Crippen molar-refractivity contribution in [3.05, 3.63) is 29.8 Å². The van der Waals surface area contributed by atoms with E-state index in [4.69, 9.17) is 9.47 Å². The second-order valence-corrected chi connectivity index (χ2v) is 6.41. The molecule has 1 saturated heterocycles. The van der Waals surface area contributed by atoms with Gasteiger partial charge in [-0.3, -0.25) is 9.69 Å². The van der Waals surface area contributed by atoms with E-state index in [2.05, 4.69) is 18.7 Å². The molecule has 1 aromatic carbocycles. The molecule has 1 fully saturated rings. The first-order chi connectivity index (χ1) is 10.9. The Bertz CT molecular complexity index is 525. The van der Waals surface area contributed by atoms with Crippen LogP contribution in [0.25, 0.3) is 0 Å². The highest BCUT2D eigenvalue weighted by Crippen LogP contribution is 2.23. The van der Waals surface area contributed by atoms with Crippen molar-refractivity contribution in [1.29, 1.82) is 0 Å². The van der Waals surface area contributed by atoms with Crippen molar-refractivity contribution < 1.29 is 14.3 Å². The molecule has 5 heteroatoms. The van der Waals surface area contributed by atoms with Crippen LogP contribution in [0.1, 0.15) is 32.4 Å². The Labute approximate surface area is 139 Å². The number of carbonyl (C=O) groups excluding carboxylic acids is 1. The quantitative estimate of drug-likeness (QED) is 0.835. The number of amides is 1. The van der Waals surface area contributed by atoms with Gasteiger partial charge in [-0.05, 0) is 38.5 Å². The summed E-state index contributed by atoms with van der Waals surface area (Å²) in [5, 5.41) is 0. The number of morpholine rings is 1. The van der Waals surface area contributed by atoms with E-state index in [0.29, 0.717) is 6.54 Å². The minimum Gasteiger partial charge on any atom is -0.497 e. The first-order valence-electron chi connectivity index (χ1n) is 8.18. The van der Waals surface area contributed by atoms with Crippen LogP contribution < -0.4 is 4.74 Å². The number of likely N-dealkylation sites (N-methyl/N-ethyl adjacent to an activating group) is 1. The van der Waals surface area contributed by atoms with Crippen LogP contribution in [0.5, 0.6) is 5.75 Å². The average Bonchev–Trinajstić information content (AvgIpc) is 2.52. The van der Waals surface area contributed by atoms with E-state index in [1.807, 2.05) is 38.2 Å². The number of nitrogens with zero attached hydrogens (tertiary/aromatic N) is 2. The van der Waals surface area contributed by atoms with Gasteiger partial charge in [-0.1, -0.05) is 12.1 Å². The zero-order valence-electron chi connectivity index (χ0n) is 14.8. The van der Waals surface area contributed by atoms with E-state index in [9.17, 15) is 4.79 Å². The standard InChI is InChI=1S/C18H28N2O3/c1-13-10-20(11-14(2)23-13)12-18(21)19(4)15(3)16-7-6-8-17(9-16)22-5/h6-9,13-15H,10-12H2,1-5H3/t13-,14+,15-/m1/s1. The van der Waals surface area contributed by atoms with Crippen LogP contribution in [-0.4, -0.2) is 61.7 Å². The van der Waals surface area contributed by atoms with Crippen LogP contribution in [0.4, 0.5) is 0 Å². The van der Waals surface area contributed by atoms with Crippen molar-refractivity contribution in [2.45, 2.75) is 39.0 Å². The van der Waals surface area contributed by atoms with Gasteiger partial charge in [0.25, 0.3) is 0 Å². The van der Waals surface area contributed by atoms with Crippen LogP contribution in [0.2, 0.25) is 0 Å². The summed E-state index contributed by atoms with van der Waals surface area (Å²) in [5.74, 6) is 0.938. The summed E-state index contributed by atoms with van der Waals surface area (Å²) in [6.45, 7) is 8.18. The molecule has 0 aliphatic carbocycles. The fraction of sp³-hybridized carbons (Fsp3) is 0.611. The first kappa shape index (κ1) is 17.8. The van der Waals surface area contributed by atoms with Gasteiger partial charge in [0.05, 0.1) is 31.9 Å². The number of ether oxygens (including phenoxy) is 2. The summed E-state index contributed by atoms with van der Waals surface area (Å²) in [4.78, 5) is 16.6. The molecule has 3 atom stereocenters. The molecule has 0 aromatic heterocycles. The minimum absolute atomic E-state index is 0.00786. The normalized spacial score (nSPS) is 23.3. The summed E-state index contributed by atoms with van der Waals surface area (Å²) < 4.78 is 11.0. The number of benzene rings is 1. The van der Waals surface area contributed by atoms with Gasteiger partial charge in [0.15, 0.2) is 0 Å². The molecular weight excluding hydrogens is 292 g/mol. The molecule has 0 saturated carbocycles. The van der Waals surface area contributed by atoms with Gasteiger partial charge < -0.3 is 14.4 Å². The molecule has 23 heavy (non-hydrogen) atoms. The molecule has 0 N–H and O–H groups in total. The van der Waals surface area contributed by atoms with Gasteiger partial charge in [-0.15, -0.1) is 0 Å². The molecule has 128 valence electrons. The Morgan fingerprint density at radius 1 is 1.39 bits per heavy atom. The number of hydrogen-bond donors (Lipinski definition) is 0. The topological polar surface area (TPSA) is 42.0 Å². The molecule has 0 bridgehead atoms. The molecular formula is C18H28N2O3. The van der Waals surface area contributed by atoms with Crippen molar-refractivity contribution in [2.24, 2.45) is 0 Å². The Morgan fingerprint density at radius 2 is 2.04 bits per heavy atom. The van der Waals surface area contributed by atoms with Gasteiger partial charge in [-0.2, -0.15) is 0 Å². The number of rotatable bonds is 5. The van der Waals surface area contributed by atoms with Gasteiger partial charge in [-0.25, -0.2) is 0 Å². The van der Waals surface area contributed by atoms with Gasteiger partial charge in [0.2, 0.25) is 5.91 Å². The van der Waals surface area contributed by atoms with Crippen molar-refractivity contribution >= 4 is 5.91 Å². The molecule has 0 radical (unpaired) electrons. The lowest BCUT2D eigenvalue weighted by molar-refractivity contribution is -0.136. The number of methoxy groups -OCH3 is 1. The molecule has 1 amide bonds. The van der Waals surface area contributed by atoms with E-state index in [0.717, 1.165) is 24.4 Å². The molecule has 1 aliphatic heterocycles. The van der Waals surface area contributed by atoms with E-state index in [-0.39, 0.29) is 24.2 Å². The molecule has 1 aliphatic rings. The van der Waals surface area contributed by atoms with E-state index >= 15 is 0 Å². The van der Waals surface area contributed by atoms with E-state index in [1.165, 1.54) is 0 Å². The van der Waals surface area contributed by atoms with Crippen LogP contribution in [0, 0.1) is 0 Å². The Hall–Kier alpha value is -1.59. The van der Waals surface area contributed by atoms with Gasteiger partial charge >= 0.3 is 0 Å². The summed E-state index contributed by atoms with van der Waals surface area (Å²) in [5.41, 5.74) is 1.07. The maximum Gasteiger partial charge on any atom is 0.236 e. The summed E-state index contributed by atoms with van der Waals surface area (Å²) >= 11 is 0. The molecule has 1 heterocycles. The maximum absolute atomic E-state index is 12.6. The smallest absolute Gasteiger partial charge is 0.236 e. The average molecular weight is 320 g/mol. The minimum atomic E-state index is 0.00786. The highest BCUT2D eigenvalue weighted by Gasteiger charge is 2.26. The fourth-order valence-corrected chi connectivity index (χ4v) is 3.06. The third-order valence-electron chi connectivity index (χ3n) is 4.40. The third-order valence-corrected chi connectivity index (χ3v) is 4.40. The molecule has 2 rings (SSSR count). The molecule has 0 unspecified atom stereocenters. The van der Waals surface area contributed by atoms with Crippen LogP contribution >= 0.6 is 0 Å². The Kier molecular flexibility index (Phi) is 6.02. The zero-order chi connectivity index (χ0) is 17.0. The SMILES string of the molecule is COc1cccc([C@@H](C)N(C)C(=O)CN2C[C@@H](C)O[C@@H](C)C2)c1. The van der Waals surface area contributed by atoms with Crippen molar-refractivity contribution in [3.8, 4) is 5.75 Å². The monoisotopic (exact) mass is 320 g/mol. The van der Waals surface area contributed by atoms with Crippen LogP contribution in [0.3, 0.4) is 0 Å². The summed E-state index contributed by atoms with van der Waals surface area (Å²) in [6.07, 6.45) is 0.348. The predicted octanol–water partition coefficient (Wildman–Crippen LogP) is 2.32. The molecule has 0 spiro atoms. The molecule has 1 aromatic rings. The van der Waals surface area contributed by atoms with E-state index < -0.39 is 0 Å². The molecule has 5 nitrogen and oxygen atoms in total. The highest BCUT2D eigenvalue weighted by molar-refractivity contribution is 5.78. The van der Waals surface area contributed by atoms with Crippen molar-refractivity contribution in [1.82, 2.24) is 9.80 Å². The Morgan fingerprint density at radius 3 is 2.65 bits per heavy atom. The first-order valence-corrected chi connectivity index (χ1v) is 8.18. The van der Waals surface area contributed by atoms with Crippen molar-refractivity contribution in [2.75, 3.05) is 33.8 Å². The maximum atomic E-state index is 12.6. The fourth-order valence-electron chi connectivity index (χ4n) is 3.06. The summed E-state index contributed by atoms with van der Waals surface area (Å²) in [7, 11) is 3.51. The number of carbonyl (C=O) groups is 1. The summed E-state index contributed by atoms with van der Waals surface area (Å²) in [6, 6.07) is 7.87. The zero-order valence-corrected chi connectivity index (χ0v) is 14.8. The van der Waals surface area contributed by atoms with Gasteiger partial charge in [0.1, 0.15) is 5.75 Å². The Balaban J connectivity index is 1.98. The lowest BCUT2D eigenvalue weighted by atomic mass is 10.1. The largest absolute Gasteiger partial charge is 0.497 e. The second kappa shape index (κ2) is 7.79. The van der Waals surface area contributed by atoms with E-state index in [1.54, 1.807) is 12.0 Å². The number of hydrogen-bond acceptors (Lipinski definition) is 4. The van der Waals surface area contributed by atoms with Crippen LogP contribution in [-0.2, 0) is 9.53 Å². The van der Waals surface area contributed by atoms with Crippen LogP contribution in [0.15, 0.2) is 24.3 Å². The van der Waals surface area contributed by atoms with Crippen molar-refractivity contribution in [3.63, 3.8) is 0 Å².